The largest absolute Gasteiger partial charge is 0.497 e. The molecule has 178 valence electrons. The van der Waals surface area contributed by atoms with E-state index in [0.29, 0.717) is 24.4 Å². The Kier molecular flexibility index (Phi) is 9.49. The average Bonchev–Trinajstić information content (AvgIpc) is 2.84. The zero-order valence-electron chi connectivity index (χ0n) is 18.8. The molecule has 2 aromatic rings. The molecule has 0 atom stereocenters. The Morgan fingerprint density at radius 2 is 1.42 bits per heavy atom. The lowest BCUT2D eigenvalue weighted by Crippen LogP contribution is -2.48. The number of methoxy groups -OCH3 is 3. The van der Waals surface area contributed by atoms with Crippen LogP contribution in [0.15, 0.2) is 42.5 Å². The molecule has 1 aliphatic heterocycles. The van der Waals surface area contributed by atoms with E-state index in [1.807, 2.05) is 47.4 Å². The van der Waals surface area contributed by atoms with Crippen molar-refractivity contribution in [3.8, 4) is 17.2 Å². The molecule has 0 aliphatic carbocycles. The third kappa shape index (κ3) is 7.11. The summed E-state index contributed by atoms with van der Waals surface area (Å²) in [5, 5.41) is 14.8. The van der Waals surface area contributed by atoms with Crippen LogP contribution in [0.1, 0.15) is 15.9 Å². The van der Waals surface area contributed by atoms with E-state index in [0.717, 1.165) is 36.7 Å². The van der Waals surface area contributed by atoms with Gasteiger partial charge in [-0.3, -0.25) is 9.69 Å². The van der Waals surface area contributed by atoms with E-state index in [4.69, 9.17) is 34.0 Å². The minimum absolute atomic E-state index is 0.0223. The second kappa shape index (κ2) is 12.3. The number of nitrogens with zero attached hydrogens (tertiary/aromatic N) is 2. The molecule has 1 fully saturated rings. The van der Waals surface area contributed by atoms with Gasteiger partial charge in [-0.1, -0.05) is 18.2 Å². The first-order chi connectivity index (χ1) is 15.8. The number of amides is 1. The van der Waals surface area contributed by atoms with Crippen molar-refractivity contribution < 1.29 is 38.8 Å². The van der Waals surface area contributed by atoms with Gasteiger partial charge in [-0.15, -0.1) is 0 Å². The fraction of sp³-hybridized carbons (Fsp3) is 0.348. The van der Waals surface area contributed by atoms with Gasteiger partial charge in [0, 0.05) is 44.4 Å². The first kappa shape index (κ1) is 25.5. The summed E-state index contributed by atoms with van der Waals surface area (Å²) < 4.78 is 16.1. The highest BCUT2D eigenvalue weighted by Crippen LogP contribution is 2.26. The number of para-hydroxylation sites is 1. The zero-order valence-corrected chi connectivity index (χ0v) is 18.8. The van der Waals surface area contributed by atoms with Crippen molar-refractivity contribution in [3.63, 3.8) is 0 Å². The van der Waals surface area contributed by atoms with Gasteiger partial charge in [0.25, 0.3) is 5.91 Å². The highest BCUT2D eigenvalue weighted by atomic mass is 16.5. The molecule has 1 heterocycles. The maximum absolute atomic E-state index is 12.8. The number of aliphatic carboxylic acids is 2. The lowest BCUT2D eigenvalue weighted by Gasteiger charge is -2.35. The number of carbonyl (C=O) groups excluding carboxylic acids is 1. The SMILES string of the molecule is COc1ccc(CN2CCN(C(=O)c3ccccc3OC)CC2)c(OC)c1.O=C(O)C(=O)O. The molecule has 0 saturated carbocycles. The summed E-state index contributed by atoms with van der Waals surface area (Å²) in [5.74, 6) is -1.41. The van der Waals surface area contributed by atoms with Gasteiger partial charge in [0.2, 0.25) is 0 Å². The molecule has 2 N–H and O–H groups in total. The van der Waals surface area contributed by atoms with Gasteiger partial charge < -0.3 is 29.3 Å². The predicted molar refractivity (Wildman–Crippen MR) is 119 cm³/mol. The fourth-order valence-electron chi connectivity index (χ4n) is 3.32. The van der Waals surface area contributed by atoms with Crippen molar-refractivity contribution in [3.05, 3.63) is 53.6 Å². The molecule has 0 spiro atoms. The van der Waals surface area contributed by atoms with Crippen LogP contribution in [0.5, 0.6) is 17.2 Å². The summed E-state index contributed by atoms with van der Waals surface area (Å²) in [6.07, 6.45) is 0. The number of carboxylic acids is 2. The van der Waals surface area contributed by atoms with Crippen LogP contribution in [0, 0.1) is 0 Å². The van der Waals surface area contributed by atoms with E-state index in [9.17, 15) is 4.79 Å². The van der Waals surface area contributed by atoms with Gasteiger partial charge in [0.15, 0.2) is 0 Å². The first-order valence-corrected chi connectivity index (χ1v) is 10.1. The second-order valence-electron chi connectivity index (χ2n) is 7.06. The molecular weight excluding hydrogens is 432 g/mol. The highest BCUT2D eigenvalue weighted by molar-refractivity contribution is 6.27. The highest BCUT2D eigenvalue weighted by Gasteiger charge is 2.24. The van der Waals surface area contributed by atoms with Gasteiger partial charge in [0.1, 0.15) is 17.2 Å². The van der Waals surface area contributed by atoms with Crippen molar-refractivity contribution in [2.75, 3.05) is 47.5 Å². The minimum Gasteiger partial charge on any atom is -0.497 e. The number of benzene rings is 2. The van der Waals surface area contributed by atoms with E-state index < -0.39 is 11.9 Å². The molecule has 1 saturated heterocycles. The zero-order chi connectivity index (χ0) is 24.4. The normalized spacial score (nSPS) is 13.4. The molecule has 0 aromatic heterocycles. The lowest BCUT2D eigenvalue weighted by atomic mass is 10.1. The number of hydrogen-bond acceptors (Lipinski definition) is 7. The van der Waals surface area contributed by atoms with E-state index in [2.05, 4.69) is 4.90 Å². The van der Waals surface area contributed by atoms with Crippen LogP contribution >= 0.6 is 0 Å². The van der Waals surface area contributed by atoms with Gasteiger partial charge in [-0.05, 0) is 18.2 Å². The number of rotatable bonds is 6. The molecule has 33 heavy (non-hydrogen) atoms. The minimum atomic E-state index is -1.82. The third-order valence-corrected chi connectivity index (χ3v) is 5.07. The van der Waals surface area contributed by atoms with Crippen LogP contribution in [0.4, 0.5) is 0 Å². The number of hydrogen-bond donors (Lipinski definition) is 2. The summed E-state index contributed by atoms with van der Waals surface area (Å²) in [6.45, 7) is 3.79. The molecule has 3 rings (SSSR count). The summed E-state index contributed by atoms with van der Waals surface area (Å²) in [7, 11) is 4.90. The molecule has 0 bridgehead atoms. The smallest absolute Gasteiger partial charge is 0.414 e. The van der Waals surface area contributed by atoms with E-state index in [-0.39, 0.29) is 5.91 Å². The van der Waals surface area contributed by atoms with Crippen LogP contribution in [0.25, 0.3) is 0 Å². The van der Waals surface area contributed by atoms with E-state index in [1.54, 1.807) is 21.3 Å². The second-order valence-corrected chi connectivity index (χ2v) is 7.06. The van der Waals surface area contributed by atoms with Gasteiger partial charge in [0.05, 0.1) is 26.9 Å². The average molecular weight is 460 g/mol. The Bertz CT molecular complexity index is 959. The molecular formula is C23H28N2O8. The summed E-state index contributed by atoms with van der Waals surface area (Å²) in [6, 6.07) is 13.2. The number of carbonyl (C=O) groups is 3. The topological polar surface area (TPSA) is 126 Å². The van der Waals surface area contributed by atoms with Gasteiger partial charge in [-0.2, -0.15) is 0 Å². The maximum Gasteiger partial charge on any atom is 0.414 e. The monoisotopic (exact) mass is 460 g/mol. The molecule has 0 radical (unpaired) electrons. The Hall–Kier alpha value is -3.79. The van der Waals surface area contributed by atoms with Crippen LogP contribution < -0.4 is 14.2 Å². The molecule has 0 unspecified atom stereocenters. The van der Waals surface area contributed by atoms with Crippen molar-refractivity contribution in [2.24, 2.45) is 0 Å². The van der Waals surface area contributed by atoms with Crippen molar-refractivity contribution in [2.45, 2.75) is 6.54 Å². The summed E-state index contributed by atoms with van der Waals surface area (Å²) >= 11 is 0. The van der Waals surface area contributed by atoms with Crippen molar-refractivity contribution in [1.82, 2.24) is 9.80 Å². The van der Waals surface area contributed by atoms with Gasteiger partial charge in [-0.25, -0.2) is 9.59 Å². The predicted octanol–water partition coefficient (Wildman–Crippen LogP) is 1.83. The Labute approximate surface area is 191 Å². The van der Waals surface area contributed by atoms with E-state index in [1.165, 1.54) is 0 Å². The van der Waals surface area contributed by atoms with Crippen LogP contribution in [0.3, 0.4) is 0 Å². The van der Waals surface area contributed by atoms with Crippen molar-refractivity contribution >= 4 is 17.8 Å². The third-order valence-electron chi connectivity index (χ3n) is 5.07. The molecule has 2 aromatic carbocycles. The lowest BCUT2D eigenvalue weighted by molar-refractivity contribution is -0.159. The molecule has 1 amide bonds. The van der Waals surface area contributed by atoms with Crippen LogP contribution in [-0.4, -0.2) is 85.4 Å². The molecule has 1 aliphatic rings. The molecule has 10 heteroatoms. The Balaban J connectivity index is 0.000000569. The first-order valence-electron chi connectivity index (χ1n) is 10.1. The quantitative estimate of drug-likeness (QED) is 0.621. The fourth-order valence-corrected chi connectivity index (χ4v) is 3.32. The maximum atomic E-state index is 12.8. The summed E-state index contributed by atoms with van der Waals surface area (Å²) in [5.41, 5.74) is 1.73. The van der Waals surface area contributed by atoms with E-state index >= 15 is 0 Å². The van der Waals surface area contributed by atoms with Crippen molar-refractivity contribution in [1.29, 1.82) is 0 Å². The van der Waals surface area contributed by atoms with Crippen LogP contribution in [-0.2, 0) is 16.1 Å². The molecule has 10 nitrogen and oxygen atoms in total. The standard InChI is InChI=1S/C21H26N2O4.C2H2O4/c1-25-17-9-8-16(20(14-17)27-3)15-22-10-12-23(13-11-22)21(24)18-6-4-5-7-19(18)26-2;3-1(4)2(5)6/h4-9,14H,10-13,15H2,1-3H3;(H,3,4)(H,5,6). The van der Waals surface area contributed by atoms with Gasteiger partial charge >= 0.3 is 11.9 Å². The Morgan fingerprint density at radius 1 is 0.818 bits per heavy atom. The number of piperazine rings is 1. The van der Waals surface area contributed by atoms with Crippen LogP contribution in [0.2, 0.25) is 0 Å². The summed E-state index contributed by atoms with van der Waals surface area (Å²) in [4.78, 5) is 35.2. The number of carboxylic acid groups (broad SMARTS) is 2. The number of ether oxygens (including phenoxy) is 3. The Morgan fingerprint density at radius 3 is 1.97 bits per heavy atom.